The molecule has 2 aromatic carbocycles. The van der Waals surface area contributed by atoms with Gasteiger partial charge < -0.3 is 15.4 Å². The van der Waals surface area contributed by atoms with Gasteiger partial charge in [0.2, 0.25) is 5.91 Å². The lowest BCUT2D eigenvalue weighted by Crippen LogP contribution is -2.31. The van der Waals surface area contributed by atoms with E-state index < -0.39 is 5.82 Å². The minimum atomic E-state index is -0.413. The van der Waals surface area contributed by atoms with Gasteiger partial charge in [-0.15, -0.1) is 0 Å². The molecule has 0 unspecified atom stereocenters. The average molecular weight is 337 g/mol. The van der Waals surface area contributed by atoms with Gasteiger partial charge >= 0.3 is 0 Å². The molecule has 0 saturated heterocycles. The Morgan fingerprint density at radius 3 is 2.61 bits per heavy atom. The van der Waals surface area contributed by atoms with Gasteiger partial charge in [0, 0.05) is 6.54 Å². The summed E-state index contributed by atoms with van der Waals surface area (Å²) in [5.74, 6) is 0.238. The van der Waals surface area contributed by atoms with E-state index >= 15 is 0 Å². The third-order valence-electron chi connectivity index (χ3n) is 3.27. The van der Waals surface area contributed by atoms with Gasteiger partial charge in [-0.1, -0.05) is 23.7 Å². The smallest absolute Gasteiger partial charge is 0.239 e. The van der Waals surface area contributed by atoms with E-state index in [1.165, 1.54) is 18.2 Å². The summed E-state index contributed by atoms with van der Waals surface area (Å²) < 4.78 is 18.0. The molecular formula is C17H18ClFN2O2. The summed E-state index contributed by atoms with van der Waals surface area (Å²) in [6.07, 6.45) is 0.729. The van der Waals surface area contributed by atoms with E-state index in [0.29, 0.717) is 12.2 Å². The molecule has 2 rings (SSSR count). The molecule has 0 bridgehead atoms. The molecule has 0 aliphatic rings. The van der Waals surface area contributed by atoms with Crippen molar-refractivity contribution >= 4 is 23.2 Å². The summed E-state index contributed by atoms with van der Waals surface area (Å²) in [4.78, 5) is 11.8. The molecule has 0 fully saturated rings. The Morgan fingerprint density at radius 2 is 1.96 bits per heavy atom. The van der Waals surface area contributed by atoms with Crippen molar-refractivity contribution < 1.29 is 13.9 Å². The predicted molar refractivity (Wildman–Crippen MR) is 89.6 cm³/mol. The zero-order chi connectivity index (χ0) is 16.7. The number of nitrogens with one attached hydrogen (secondary N) is 2. The molecular weight excluding hydrogens is 319 g/mol. The van der Waals surface area contributed by atoms with Crippen molar-refractivity contribution in [3.05, 3.63) is 58.9 Å². The molecule has 0 atom stereocenters. The number of carbonyl (C=O) groups is 1. The van der Waals surface area contributed by atoms with Gasteiger partial charge in [0.15, 0.2) is 0 Å². The number of benzene rings is 2. The third kappa shape index (κ3) is 5.45. The number of amides is 1. The van der Waals surface area contributed by atoms with Crippen LogP contribution in [0.1, 0.15) is 5.56 Å². The minimum Gasteiger partial charge on any atom is -0.497 e. The summed E-state index contributed by atoms with van der Waals surface area (Å²) in [5.41, 5.74) is 1.64. The zero-order valence-corrected chi connectivity index (χ0v) is 13.5. The van der Waals surface area contributed by atoms with Gasteiger partial charge in [0.1, 0.15) is 11.6 Å². The van der Waals surface area contributed by atoms with Gasteiger partial charge in [-0.25, -0.2) is 4.39 Å². The molecule has 2 aromatic rings. The monoisotopic (exact) mass is 336 g/mol. The number of hydrogen-bond donors (Lipinski definition) is 2. The van der Waals surface area contributed by atoms with Crippen LogP contribution < -0.4 is 15.4 Å². The van der Waals surface area contributed by atoms with Crippen LogP contribution in [0.3, 0.4) is 0 Å². The molecule has 6 heteroatoms. The highest BCUT2D eigenvalue weighted by molar-refractivity contribution is 6.33. The molecule has 2 N–H and O–H groups in total. The standard InChI is InChI=1S/C17H18ClFN2O2/c1-23-14-5-2-12(3-6-14)8-9-20-17(22)11-21-16-7-4-13(19)10-15(16)18/h2-7,10,21H,8-9,11H2,1H3,(H,20,22). The SMILES string of the molecule is COc1ccc(CCNC(=O)CNc2ccc(F)cc2Cl)cc1. The lowest BCUT2D eigenvalue weighted by molar-refractivity contribution is -0.119. The van der Waals surface area contributed by atoms with Gasteiger partial charge in [0.25, 0.3) is 0 Å². The van der Waals surface area contributed by atoms with Crippen molar-refractivity contribution in [3.8, 4) is 5.75 Å². The number of rotatable bonds is 7. The van der Waals surface area contributed by atoms with E-state index in [1.807, 2.05) is 24.3 Å². The molecule has 0 aliphatic heterocycles. The fraction of sp³-hybridized carbons (Fsp3) is 0.235. The fourth-order valence-electron chi connectivity index (χ4n) is 2.01. The van der Waals surface area contributed by atoms with Crippen LogP contribution in [0.15, 0.2) is 42.5 Å². The Morgan fingerprint density at radius 1 is 1.22 bits per heavy atom. The number of carbonyl (C=O) groups excluding carboxylic acids is 1. The molecule has 0 heterocycles. The van der Waals surface area contributed by atoms with E-state index in [-0.39, 0.29) is 17.5 Å². The average Bonchev–Trinajstić information content (AvgIpc) is 2.54. The summed E-state index contributed by atoms with van der Waals surface area (Å²) in [5, 5.41) is 5.93. The van der Waals surface area contributed by atoms with Crippen molar-refractivity contribution in [3.63, 3.8) is 0 Å². The van der Waals surface area contributed by atoms with Gasteiger partial charge in [-0.2, -0.15) is 0 Å². The lowest BCUT2D eigenvalue weighted by Gasteiger charge is -2.09. The maximum absolute atomic E-state index is 12.9. The van der Waals surface area contributed by atoms with E-state index in [2.05, 4.69) is 10.6 Å². The van der Waals surface area contributed by atoms with Crippen molar-refractivity contribution in [2.45, 2.75) is 6.42 Å². The Labute approximate surface area is 139 Å². The highest BCUT2D eigenvalue weighted by Crippen LogP contribution is 2.21. The first kappa shape index (κ1) is 17.1. The highest BCUT2D eigenvalue weighted by atomic mass is 35.5. The quantitative estimate of drug-likeness (QED) is 0.816. The zero-order valence-electron chi connectivity index (χ0n) is 12.7. The Kier molecular flexibility index (Phi) is 6.23. The molecule has 0 saturated carbocycles. The largest absolute Gasteiger partial charge is 0.497 e. The molecule has 0 radical (unpaired) electrons. The first-order valence-corrected chi connectivity index (χ1v) is 7.55. The maximum atomic E-state index is 12.9. The number of halogens is 2. The van der Waals surface area contributed by atoms with Crippen molar-refractivity contribution in [1.82, 2.24) is 5.32 Å². The van der Waals surface area contributed by atoms with Crippen molar-refractivity contribution in [2.75, 3.05) is 25.5 Å². The first-order chi connectivity index (χ1) is 11.1. The Hall–Kier alpha value is -2.27. The van der Waals surface area contributed by atoms with E-state index in [4.69, 9.17) is 16.3 Å². The second-order valence-corrected chi connectivity index (χ2v) is 5.33. The summed E-state index contributed by atoms with van der Waals surface area (Å²) in [6, 6.07) is 11.7. The summed E-state index contributed by atoms with van der Waals surface area (Å²) in [6.45, 7) is 0.609. The molecule has 122 valence electrons. The number of anilines is 1. The van der Waals surface area contributed by atoms with Gasteiger partial charge in [0.05, 0.1) is 24.4 Å². The highest BCUT2D eigenvalue weighted by Gasteiger charge is 2.05. The van der Waals surface area contributed by atoms with E-state index in [1.54, 1.807) is 7.11 Å². The van der Waals surface area contributed by atoms with Crippen molar-refractivity contribution in [1.29, 1.82) is 0 Å². The van der Waals surface area contributed by atoms with Crippen LogP contribution in [0.5, 0.6) is 5.75 Å². The normalized spacial score (nSPS) is 10.2. The van der Waals surface area contributed by atoms with E-state index in [9.17, 15) is 9.18 Å². The predicted octanol–water partition coefficient (Wildman–Crippen LogP) is 3.26. The maximum Gasteiger partial charge on any atom is 0.239 e. The van der Waals surface area contributed by atoms with Gasteiger partial charge in [-0.3, -0.25) is 4.79 Å². The topological polar surface area (TPSA) is 50.4 Å². The second-order valence-electron chi connectivity index (χ2n) is 4.93. The van der Waals surface area contributed by atoms with Gasteiger partial charge in [-0.05, 0) is 42.3 Å². The Bertz CT molecular complexity index is 662. The molecule has 23 heavy (non-hydrogen) atoms. The third-order valence-corrected chi connectivity index (χ3v) is 3.58. The van der Waals surface area contributed by atoms with Crippen molar-refractivity contribution in [2.24, 2.45) is 0 Å². The molecule has 4 nitrogen and oxygen atoms in total. The van der Waals surface area contributed by atoms with Crippen LogP contribution >= 0.6 is 11.6 Å². The molecule has 0 aliphatic carbocycles. The molecule has 1 amide bonds. The number of ether oxygens (including phenoxy) is 1. The van der Waals surface area contributed by atoms with E-state index in [0.717, 1.165) is 17.7 Å². The van der Waals surface area contributed by atoms with Crippen LogP contribution in [0, 0.1) is 5.82 Å². The molecule has 0 aromatic heterocycles. The minimum absolute atomic E-state index is 0.0773. The van der Waals surface area contributed by atoms with Crippen LogP contribution in [-0.4, -0.2) is 26.1 Å². The fourth-order valence-corrected chi connectivity index (χ4v) is 2.24. The lowest BCUT2D eigenvalue weighted by atomic mass is 10.1. The van der Waals surface area contributed by atoms with Crippen LogP contribution in [0.2, 0.25) is 5.02 Å². The summed E-state index contributed by atoms with van der Waals surface area (Å²) >= 11 is 5.88. The Balaban J connectivity index is 1.72. The summed E-state index contributed by atoms with van der Waals surface area (Å²) in [7, 11) is 1.62. The number of hydrogen-bond acceptors (Lipinski definition) is 3. The number of methoxy groups -OCH3 is 1. The van der Waals surface area contributed by atoms with Crippen LogP contribution in [0.4, 0.5) is 10.1 Å². The second kappa shape index (κ2) is 8.39. The first-order valence-electron chi connectivity index (χ1n) is 7.17. The molecule has 0 spiro atoms. The van der Waals surface area contributed by atoms with Crippen LogP contribution in [-0.2, 0) is 11.2 Å². The van der Waals surface area contributed by atoms with Crippen LogP contribution in [0.25, 0.3) is 0 Å².